The molecule has 4 amide bonds. The van der Waals surface area contributed by atoms with E-state index in [1.807, 2.05) is 0 Å². The molecule has 13 N–H and O–H groups in total. The Bertz CT molecular complexity index is 797. The third kappa shape index (κ3) is 12.8. The molecule has 0 heterocycles. The van der Waals surface area contributed by atoms with Gasteiger partial charge in [0, 0.05) is 13.0 Å². The SMILES string of the molecule is CC(N)C(=O)NC(CCCN=C(N)N)C(=O)NC(CC(N)=O)C(=O)NC(CCC(=O)O)C(=O)O. The van der Waals surface area contributed by atoms with E-state index in [9.17, 15) is 33.9 Å². The van der Waals surface area contributed by atoms with Crippen molar-refractivity contribution in [3.63, 3.8) is 0 Å². The first-order valence-corrected chi connectivity index (χ1v) is 10.2. The Labute approximate surface area is 194 Å². The van der Waals surface area contributed by atoms with Gasteiger partial charge in [0.2, 0.25) is 23.6 Å². The second-order valence-electron chi connectivity index (χ2n) is 7.36. The highest BCUT2D eigenvalue weighted by Crippen LogP contribution is 2.04. The number of nitrogens with one attached hydrogen (secondary N) is 3. The zero-order chi connectivity index (χ0) is 26.4. The van der Waals surface area contributed by atoms with Crippen LogP contribution in [0.2, 0.25) is 0 Å². The molecule has 0 aromatic rings. The number of primary amides is 1. The number of aliphatic carboxylic acids is 2. The average molecular weight is 489 g/mol. The summed E-state index contributed by atoms with van der Waals surface area (Å²) in [5.74, 6) is -6.58. The van der Waals surface area contributed by atoms with Crippen molar-refractivity contribution in [2.45, 2.75) is 63.2 Å². The first-order chi connectivity index (χ1) is 15.7. The van der Waals surface area contributed by atoms with Crippen molar-refractivity contribution in [2.24, 2.45) is 27.9 Å². The predicted octanol–water partition coefficient (Wildman–Crippen LogP) is -4.33. The molecule has 0 aliphatic heterocycles. The lowest BCUT2D eigenvalue weighted by molar-refractivity contribution is -0.143. The van der Waals surface area contributed by atoms with Gasteiger partial charge in [0.25, 0.3) is 0 Å². The summed E-state index contributed by atoms with van der Waals surface area (Å²) >= 11 is 0. The Kier molecular flexibility index (Phi) is 13.2. The monoisotopic (exact) mass is 488 g/mol. The summed E-state index contributed by atoms with van der Waals surface area (Å²) in [5, 5.41) is 24.6. The van der Waals surface area contributed by atoms with Gasteiger partial charge in [-0.2, -0.15) is 0 Å². The van der Waals surface area contributed by atoms with E-state index in [1.165, 1.54) is 6.92 Å². The molecule has 0 aliphatic carbocycles. The molecular formula is C18H32N8O8. The quantitative estimate of drug-likeness (QED) is 0.0568. The van der Waals surface area contributed by atoms with E-state index in [0.717, 1.165) is 0 Å². The van der Waals surface area contributed by atoms with Crippen LogP contribution >= 0.6 is 0 Å². The van der Waals surface area contributed by atoms with E-state index in [4.69, 9.17) is 28.0 Å². The zero-order valence-electron chi connectivity index (χ0n) is 18.7. The predicted molar refractivity (Wildman–Crippen MR) is 118 cm³/mol. The van der Waals surface area contributed by atoms with Crippen molar-refractivity contribution >= 4 is 41.5 Å². The minimum atomic E-state index is -1.59. The van der Waals surface area contributed by atoms with Gasteiger partial charge in [-0.25, -0.2) is 4.79 Å². The maximum atomic E-state index is 12.8. The summed E-state index contributed by atoms with van der Waals surface area (Å²) < 4.78 is 0. The number of carboxylic acids is 2. The number of carboxylic acid groups (broad SMARTS) is 2. The number of rotatable bonds is 16. The van der Waals surface area contributed by atoms with Crippen molar-refractivity contribution < 1.29 is 39.0 Å². The fourth-order valence-corrected chi connectivity index (χ4v) is 2.56. The molecule has 0 bridgehead atoms. The Hall–Kier alpha value is -3.95. The number of nitrogens with zero attached hydrogens (tertiary/aromatic N) is 1. The van der Waals surface area contributed by atoms with Crippen molar-refractivity contribution in [2.75, 3.05) is 6.54 Å². The standard InChI is InChI=1S/C18H32N8O8/c1-8(19)14(30)24-9(3-2-6-23-18(21)22)15(31)26-11(7-12(20)27)16(32)25-10(17(33)34)4-5-13(28)29/h8-11H,2-7,19H2,1H3,(H2,20,27)(H,24,30)(H,25,32)(H,26,31)(H,28,29)(H,33,34)(H4,21,22,23). The van der Waals surface area contributed by atoms with Gasteiger partial charge in [0.1, 0.15) is 18.1 Å². The summed E-state index contributed by atoms with van der Waals surface area (Å²) in [6.07, 6.45) is -1.40. The van der Waals surface area contributed by atoms with Crippen LogP contribution in [0.4, 0.5) is 0 Å². The van der Waals surface area contributed by atoms with Crippen LogP contribution in [0.15, 0.2) is 4.99 Å². The van der Waals surface area contributed by atoms with Crippen molar-refractivity contribution in [1.82, 2.24) is 16.0 Å². The number of aliphatic imine (C=N–C) groups is 1. The fraction of sp³-hybridized carbons (Fsp3) is 0.611. The van der Waals surface area contributed by atoms with Crippen molar-refractivity contribution in [1.29, 1.82) is 0 Å². The number of hydrogen-bond acceptors (Lipinski definition) is 8. The molecule has 4 atom stereocenters. The largest absolute Gasteiger partial charge is 0.481 e. The Balaban J connectivity index is 5.50. The maximum Gasteiger partial charge on any atom is 0.326 e. The molecule has 0 fully saturated rings. The minimum absolute atomic E-state index is 0.0301. The molecule has 0 radical (unpaired) electrons. The van der Waals surface area contributed by atoms with Gasteiger partial charge in [-0.3, -0.25) is 29.0 Å². The third-order valence-electron chi connectivity index (χ3n) is 4.29. The lowest BCUT2D eigenvalue weighted by Crippen LogP contribution is -2.57. The van der Waals surface area contributed by atoms with Crippen LogP contribution in [0, 0.1) is 0 Å². The fourth-order valence-electron chi connectivity index (χ4n) is 2.56. The number of carbonyl (C=O) groups excluding carboxylic acids is 4. The molecule has 16 nitrogen and oxygen atoms in total. The molecule has 0 aromatic heterocycles. The van der Waals surface area contributed by atoms with Crippen molar-refractivity contribution in [3.8, 4) is 0 Å². The summed E-state index contributed by atoms with van der Waals surface area (Å²) in [4.78, 5) is 74.5. The zero-order valence-corrected chi connectivity index (χ0v) is 18.7. The highest BCUT2D eigenvalue weighted by molar-refractivity contribution is 5.96. The number of hydrogen-bond donors (Lipinski definition) is 9. The van der Waals surface area contributed by atoms with Crippen LogP contribution in [0.5, 0.6) is 0 Å². The molecule has 0 aliphatic rings. The first-order valence-electron chi connectivity index (χ1n) is 10.2. The Morgan fingerprint density at radius 2 is 1.35 bits per heavy atom. The topological polar surface area (TPSA) is 295 Å². The molecule has 4 unspecified atom stereocenters. The molecule has 34 heavy (non-hydrogen) atoms. The van der Waals surface area contributed by atoms with Gasteiger partial charge in [-0.05, 0) is 26.2 Å². The molecule has 0 saturated heterocycles. The molecule has 0 aromatic carbocycles. The number of nitrogens with two attached hydrogens (primary N) is 4. The smallest absolute Gasteiger partial charge is 0.326 e. The van der Waals surface area contributed by atoms with Crippen LogP contribution in [0.1, 0.15) is 39.0 Å². The van der Waals surface area contributed by atoms with E-state index in [0.29, 0.717) is 0 Å². The van der Waals surface area contributed by atoms with E-state index < -0.39 is 79.0 Å². The first kappa shape index (κ1) is 30.1. The lowest BCUT2D eigenvalue weighted by Gasteiger charge is -2.24. The van der Waals surface area contributed by atoms with Gasteiger partial charge in [-0.1, -0.05) is 0 Å². The summed E-state index contributed by atoms with van der Waals surface area (Å²) in [7, 11) is 0. The molecule has 0 saturated carbocycles. The molecule has 0 spiro atoms. The number of amides is 4. The van der Waals surface area contributed by atoms with Crippen LogP contribution < -0.4 is 38.9 Å². The van der Waals surface area contributed by atoms with Crippen LogP contribution in [-0.4, -0.2) is 82.5 Å². The van der Waals surface area contributed by atoms with Crippen molar-refractivity contribution in [3.05, 3.63) is 0 Å². The Morgan fingerprint density at radius 1 is 0.824 bits per heavy atom. The maximum absolute atomic E-state index is 12.8. The van der Waals surface area contributed by atoms with E-state index in [-0.39, 0.29) is 25.3 Å². The Morgan fingerprint density at radius 3 is 1.82 bits per heavy atom. The van der Waals surface area contributed by atoms with Crippen LogP contribution in [-0.2, 0) is 28.8 Å². The summed E-state index contributed by atoms with van der Waals surface area (Å²) in [6.45, 7) is 1.52. The molecular weight excluding hydrogens is 456 g/mol. The van der Waals surface area contributed by atoms with Gasteiger partial charge in [-0.15, -0.1) is 0 Å². The molecule has 0 rings (SSSR count). The molecule has 192 valence electrons. The van der Waals surface area contributed by atoms with Crippen LogP contribution in [0.25, 0.3) is 0 Å². The highest BCUT2D eigenvalue weighted by atomic mass is 16.4. The normalized spacial score (nSPS) is 13.9. The third-order valence-corrected chi connectivity index (χ3v) is 4.29. The number of carbonyl (C=O) groups is 6. The molecule has 16 heteroatoms. The van der Waals surface area contributed by atoms with Crippen LogP contribution in [0.3, 0.4) is 0 Å². The van der Waals surface area contributed by atoms with Gasteiger partial charge < -0.3 is 49.1 Å². The van der Waals surface area contributed by atoms with Gasteiger partial charge in [0.15, 0.2) is 5.96 Å². The summed E-state index contributed by atoms with van der Waals surface area (Å²) in [6, 6.07) is -5.34. The van der Waals surface area contributed by atoms with E-state index in [2.05, 4.69) is 20.9 Å². The highest BCUT2D eigenvalue weighted by Gasteiger charge is 2.31. The second kappa shape index (κ2) is 15.0. The lowest BCUT2D eigenvalue weighted by atomic mass is 10.1. The van der Waals surface area contributed by atoms with Gasteiger partial charge in [0.05, 0.1) is 12.5 Å². The second-order valence-corrected chi connectivity index (χ2v) is 7.36. The van der Waals surface area contributed by atoms with E-state index in [1.54, 1.807) is 0 Å². The van der Waals surface area contributed by atoms with E-state index >= 15 is 0 Å². The van der Waals surface area contributed by atoms with Gasteiger partial charge >= 0.3 is 11.9 Å². The average Bonchev–Trinajstić information content (AvgIpc) is 2.71. The minimum Gasteiger partial charge on any atom is -0.481 e. The number of guanidine groups is 1. The summed E-state index contributed by atoms with van der Waals surface area (Å²) in [5.41, 5.74) is 21.1.